The van der Waals surface area contributed by atoms with Gasteiger partial charge in [-0.05, 0) is 35.8 Å². The Balaban J connectivity index is 2.14. The van der Waals surface area contributed by atoms with Crippen molar-refractivity contribution in [1.82, 2.24) is 14.9 Å². The van der Waals surface area contributed by atoms with Crippen molar-refractivity contribution in [2.75, 3.05) is 0 Å². The molecule has 0 fully saturated rings. The van der Waals surface area contributed by atoms with Gasteiger partial charge in [-0.15, -0.1) is 0 Å². The van der Waals surface area contributed by atoms with Crippen LogP contribution in [-0.2, 0) is 28.0 Å². The first-order valence-corrected chi connectivity index (χ1v) is 10.5. The summed E-state index contributed by atoms with van der Waals surface area (Å²) in [5.74, 6) is -0.711. The van der Waals surface area contributed by atoms with E-state index in [-0.39, 0.29) is 17.6 Å². The quantitative estimate of drug-likeness (QED) is 0.619. The highest BCUT2D eigenvalue weighted by molar-refractivity contribution is 5.83. The van der Waals surface area contributed by atoms with Crippen molar-refractivity contribution in [2.24, 2.45) is 5.92 Å². The third-order valence-electron chi connectivity index (χ3n) is 5.28. The van der Waals surface area contributed by atoms with Gasteiger partial charge in [-0.2, -0.15) is 0 Å². The zero-order valence-electron chi connectivity index (χ0n) is 19.0. The van der Waals surface area contributed by atoms with Crippen LogP contribution >= 0.6 is 0 Å². The second-order valence-corrected chi connectivity index (χ2v) is 9.51. The number of carboxylic acids is 1. The molecule has 0 saturated carbocycles. The molecule has 0 radical (unpaired) electrons. The van der Waals surface area contributed by atoms with E-state index in [2.05, 4.69) is 55.3 Å². The number of imidazole rings is 1. The number of rotatable bonds is 10. The molecule has 1 aromatic carbocycles. The fraction of sp³-hybridized carbons (Fsp3) is 0.542. The summed E-state index contributed by atoms with van der Waals surface area (Å²) in [6, 6.07) is 7.16. The van der Waals surface area contributed by atoms with Crippen molar-refractivity contribution in [2.45, 2.75) is 78.4 Å². The zero-order chi connectivity index (χ0) is 22.5. The molecule has 1 heterocycles. The van der Waals surface area contributed by atoms with Crippen molar-refractivity contribution < 1.29 is 14.7 Å². The lowest BCUT2D eigenvalue weighted by atomic mass is 9.87. The summed E-state index contributed by atoms with van der Waals surface area (Å²) in [6.45, 7) is 12.7. The summed E-state index contributed by atoms with van der Waals surface area (Å²) < 4.78 is 1.97. The van der Waals surface area contributed by atoms with Gasteiger partial charge in [0.15, 0.2) is 0 Å². The first kappa shape index (κ1) is 23.8. The number of aromatic nitrogens is 2. The molecule has 1 unspecified atom stereocenters. The number of nitrogens with one attached hydrogen (secondary N) is 1. The molecule has 0 saturated heterocycles. The monoisotopic (exact) mass is 413 g/mol. The Hall–Kier alpha value is -2.47. The number of Topliss-reactive ketones (excluding diaryl/α,β-unsaturated/α-hetero) is 1. The molecular formula is C24H35N3O3. The fourth-order valence-electron chi connectivity index (χ4n) is 3.46. The van der Waals surface area contributed by atoms with E-state index in [4.69, 9.17) is 0 Å². The van der Waals surface area contributed by atoms with Crippen LogP contribution in [0.3, 0.4) is 0 Å². The Kier molecular flexibility index (Phi) is 7.96. The van der Waals surface area contributed by atoms with Gasteiger partial charge in [0.2, 0.25) is 0 Å². The van der Waals surface area contributed by atoms with Gasteiger partial charge in [-0.1, -0.05) is 58.9 Å². The van der Waals surface area contributed by atoms with Crippen molar-refractivity contribution in [1.29, 1.82) is 0 Å². The van der Waals surface area contributed by atoms with Crippen LogP contribution < -0.4 is 5.32 Å². The van der Waals surface area contributed by atoms with Crippen molar-refractivity contribution >= 4 is 11.8 Å². The minimum absolute atomic E-state index is 0.0394. The molecule has 0 bridgehead atoms. The summed E-state index contributed by atoms with van der Waals surface area (Å²) >= 11 is 0. The fourth-order valence-corrected chi connectivity index (χ4v) is 3.46. The Morgan fingerprint density at radius 2 is 1.77 bits per heavy atom. The number of carbonyl (C=O) groups excluding carboxylic acids is 1. The van der Waals surface area contributed by atoms with Gasteiger partial charge in [0.25, 0.3) is 0 Å². The second-order valence-electron chi connectivity index (χ2n) is 9.51. The minimum atomic E-state index is -0.965. The molecule has 30 heavy (non-hydrogen) atoms. The lowest BCUT2D eigenvalue weighted by Crippen LogP contribution is -2.48. The number of carbonyl (C=O) groups is 2. The highest BCUT2D eigenvalue weighted by Gasteiger charge is 2.26. The summed E-state index contributed by atoms with van der Waals surface area (Å²) in [6.07, 6.45) is 4.30. The van der Waals surface area contributed by atoms with Gasteiger partial charge in [0.1, 0.15) is 11.8 Å². The minimum Gasteiger partial charge on any atom is -0.480 e. The molecule has 0 spiro atoms. The van der Waals surface area contributed by atoms with Crippen molar-refractivity contribution in [3.8, 4) is 0 Å². The molecule has 164 valence electrons. The van der Waals surface area contributed by atoms with E-state index >= 15 is 0 Å². The molecule has 0 aliphatic heterocycles. The molecule has 6 heteroatoms. The maximum atomic E-state index is 12.0. The summed E-state index contributed by atoms with van der Waals surface area (Å²) in [5, 5.41) is 12.8. The molecule has 2 atom stereocenters. The molecule has 0 aliphatic carbocycles. The molecule has 1 aromatic heterocycles. The van der Waals surface area contributed by atoms with Gasteiger partial charge in [-0.25, -0.2) is 4.98 Å². The van der Waals surface area contributed by atoms with Crippen LogP contribution in [-0.4, -0.2) is 38.5 Å². The van der Waals surface area contributed by atoms with E-state index in [1.807, 2.05) is 18.4 Å². The maximum Gasteiger partial charge on any atom is 0.321 e. The average molecular weight is 414 g/mol. The van der Waals surface area contributed by atoms with Crippen LogP contribution in [0, 0.1) is 5.92 Å². The topological polar surface area (TPSA) is 84.2 Å². The SMILES string of the molecule is CC(=O)C(CC(C)C)N[C@@H](Cc1cncn1Cc1ccc(C(C)(C)C)cc1)C(=O)O. The molecule has 2 aromatic rings. The number of hydrogen-bond donors (Lipinski definition) is 2. The predicted octanol–water partition coefficient (Wildman–Crippen LogP) is 3.82. The molecule has 6 nitrogen and oxygen atoms in total. The third-order valence-corrected chi connectivity index (χ3v) is 5.28. The van der Waals surface area contributed by atoms with E-state index in [1.165, 1.54) is 12.5 Å². The largest absolute Gasteiger partial charge is 0.480 e. The van der Waals surface area contributed by atoms with Crippen LogP contribution in [0.25, 0.3) is 0 Å². The normalized spacial score (nSPS) is 14.0. The number of benzene rings is 1. The van der Waals surface area contributed by atoms with Gasteiger partial charge >= 0.3 is 5.97 Å². The molecular weight excluding hydrogens is 378 g/mol. The number of hydrogen-bond acceptors (Lipinski definition) is 4. The molecule has 0 aliphatic rings. The lowest BCUT2D eigenvalue weighted by Gasteiger charge is -2.23. The summed E-state index contributed by atoms with van der Waals surface area (Å²) in [4.78, 5) is 28.1. The van der Waals surface area contributed by atoms with Crippen molar-refractivity contribution in [3.63, 3.8) is 0 Å². The van der Waals surface area contributed by atoms with E-state index < -0.39 is 18.1 Å². The lowest BCUT2D eigenvalue weighted by molar-refractivity contribution is -0.139. The van der Waals surface area contributed by atoms with Crippen LogP contribution in [0.1, 0.15) is 64.8 Å². The third kappa shape index (κ3) is 6.80. The molecule has 2 rings (SSSR count). The van der Waals surface area contributed by atoms with Crippen molar-refractivity contribution in [3.05, 3.63) is 53.6 Å². The molecule has 2 N–H and O–H groups in total. The van der Waals surface area contributed by atoms with Crippen LogP contribution in [0.5, 0.6) is 0 Å². The highest BCUT2D eigenvalue weighted by Crippen LogP contribution is 2.22. The van der Waals surface area contributed by atoms with Gasteiger partial charge in [-0.3, -0.25) is 14.9 Å². The zero-order valence-corrected chi connectivity index (χ0v) is 19.0. The van der Waals surface area contributed by atoms with E-state index in [0.717, 1.165) is 11.3 Å². The molecule has 0 amide bonds. The van der Waals surface area contributed by atoms with Crippen LogP contribution in [0.4, 0.5) is 0 Å². The van der Waals surface area contributed by atoms with Crippen LogP contribution in [0.15, 0.2) is 36.8 Å². The Morgan fingerprint density at radius 3 is 2.27 bits per heavy atom. The first-order chi connectivity index (χ1) is 14.0. The van der Waals surface area contributed by atoms with Gasteiger partial charge < -0.3 is 9.67 Å². The standard InChI is InChI=1S/C24H35N3O3/c1-16(2)11-21(17(3)28)26-22(23(29)30)12-20-13-25-15-27(20)14-18-7-9-19(10-8-18)24(4,5)6/h7-10,13,15-16,21-22,26H,11-12,14H2,1-6H3,(H,29,30)/t21?,22-/m0/s1. The van der Waals surface area contributed by atoms with Gasteiger partial charge in [0, 0.05) is 24.9 Å². The Bertz CT molecular complexity index is 847. The summed E-state index contributed by atoms with van der Waals surface area (Å²) in [5.41, 5.74) is 3.32. The number of carboxylic acid groups (broad SMARTS) is 1. The highest BCUT2D eigenvalue weighted by atomic mass is 16.4. The van der Waals surface area contributed by atoms with E-state index in [9.17, 15) is 14.7 Å². The van der Waals surface area contributed by atoms with Crippen LogP contribution in [0.2, 0.25) is 0 Å². The smallest absolute Gasteiger partial charge is 0.321 e. The Labute approximate surface area is 179 Å². The average Bonchev–Trinajstić information content (AvgIpc) is 3.06. The second kappa shape index (κ2) is 10.0. The van der Waals surface area contributed by atoms with E-state index in [1.54, 1.807) is 12.5 Å². The summed E-state index contributed by atoms with van der Waals surface area (Å²) in [7, 11) is 0. The van der Waals surface area contributed by atoms with Gasteiger partial charge in [0.05, 0.1) is 12.4 Å². The number of nitrogens with zero attached hydrogens (tertiary/aromatic N) is 2. The maximum absolute atomic E-state index is 12.0. The Morgan fingerprint density at radius 1 is 1.13 bits per heavy atom. The van der Waals surface area contributed by atoms with E-state index in [0.29, 0.717) is 18.9 Å². The number of ketones is 1. The first-order valence-electron chi connectivity index (χ1n) is 10.5. The number of aliphatic carboxylic acids is 1. The predicted molar refractivity (Wildman–Crippen MR) is 119 cm³/mol.